The zero-order chi connectivity index (χ0) is 35.0. The van der Waals surface area contributed by atoms with Crippen LogP contribution in [0.1, 0.15) is 43.4 Å². The zero-order valence-electron chi connectivity index (χ0n) is 28.1. The second kappa shape index (κ2) is 16.3. The van der Waals surface area contributed by atoms with E-state index in [4.69, 9.17) is 34.2 Å². The number of rotatable bonds is 15. The van der Waals surface area contributed by atoms with Crippen LogP contribution in [0.3, 0.4) is 0 Å². The minimum absolute atomic E-state index is 0.0410. The standard InChI is InChI=1S/C37H43NO10/c1-21(2)14-24(16-29(40)33(41)28(38)15-22-10-8-7-9-11-22)37(42)48-31-17-23(12-13-30(31)43-3)26-18-25(39)20-47-34-27(26)19-32(44-4)35(45-5)36(34)46-6/h7-13,17-19,21,24,28,33,41H,14-16,20,38H2,1-6H3. The molecule has 3 unspecified atom stereocenters. The Morgan fingerprint density at radius 1 is 0.896 bits per heavy atom. The minimum atomic E-state index is -1.46. The molecule has 4 rings (SSSR count). The first-order chi connectivity index (χ1) is 23.0. The number of hydrogen-bond donors (Lipinski definition) is 2. The van der Waals surface area contributed by atoms with Gasteiger partial charge in [-0.2, -0.15) is 0 Å². The van der Waals surface area contributed by atoms with Crippen molar-refractivity contribution in [3.05, 3.63) is 77.4 Å². The van der Waals surface area contributed by atoms with Crippen LogP contribution in [-0.2, 0) is 20.8 Å². The average Bonchev–Trinajstić information content (AvgIpc) is 3.24. The van der Waals surface area contributed by atoms with Crippen LogP contribution >= 0.6 is 0 Å². The summed E-state index contributed by atoms with van der Waals surface area (Å²) >= 11 is 0. The van der Waals surface area contributed by atoms with E-state index in [1.807, 2.05) is 44.2 Å². The molecule has 1 aliphatic rings. The Kier molecular flexibility index (Phi) is 12.2. The van der Waals surface area contributed by atoms with E-state index in [0.717, 1.165) is 5.56 Å². The molecule has 11 nitrogen and oxygen atoms in total. The van der Waals surface area contributed by atoms with E-state index in [2.05, 4.69) is 0 Å². The van der Waals surface area contributed by atoms with Gasteiger partial charge < -0.3 is 39.3 Å². The number of aliphatic hydroxyl groups excluding tert-OH is 1. The number of methoxy groups -OCH3 is 4. The number of nitrogens with two attached hydrogens (primary N) is 1. The van der Waals surface area contributed by atoms with Crippen molar-refractivity contribution in [2.45, 2.75) is 45.3 Å². The maximum Gasteiger partial charge on any atom is 0.314 e. The second-order valence-corrected chi connectivity index (χ2v) is 11.9. The van der Waals surface area contributed by atoms with Crippen molar-refractivity contribution in [1.82, 2.24) is 0 Å². The van der Waals surface area contributed by atoms with E-state index in [0.29, 0.717) is 41.0 Å². The molecule has 3 atom stereocenters. The Bertz CT molecular complexity index is 1650. The Morgan fingerprint density at radius 3 is 2.21 bits per heavy atom. The number of ketones is 2. The largest absolute Gasteiger partial charge is 0.493 e. The topological polar surface area (TPSA) is 153 Å². The third kappa shape index (κ3) is 8.34. The molecule has 0 saturated carbocycles. The fourth-order valence-corrected chi connectivity index (χ4v) is 5.68. The van der Waals surface area contributed by atoms with Gasteiger partial charge >= 0.3 is 5.97 Å². The Morgan fingerprint density at radius 2 is 1.58 bits per heavy atom. The lowest BCUT2D eigenvalue weighted by molar-refractivity contribution is -0.143. The van der Waals surface area contributed by atoms with Gasteiger partial charge in [0, 0.05) is 18.0 Å². The summed E-state index contributed by atoms with van der Waals surface area (Å²) in [4.78, 5) is 39.7. The summed E-state index contributed by atoms with van der Waals surface area (Å²) in [6.07, 6.45) is 0.354. The van der Waals surface area contributed by atoms with E-state index < -0.39 is 29.8 Å². The fraction of sp³-hybridized carbons (Fsp3) is 0.378. The molecular weight excluding hydrogens is 618 g/mol. The summed E-state index contributed by atoms with van der Waals surface area (Å²) in [6.45, 7) is 3.61. The highest BCUT2D eigenvalue weighted by Crippen LogP contribution is 2.50. The van der Waals surface area contributed by atoms with E-state index in [1.165, 1.54) is 34.5 Å². The molecule has 3 N–H and O–H groups in total. The molecule has 3 aromatic rings. The SMILES string of the molecule is COc1ccc(C2=CC(=O)COc3c2cc(OC)c(OC)c3OC)cc1OC(=O)C(CC(=O)C(O)C(N)Cc1ccccc1)CC(C)C. The maximum absolute atomic E-state index is 13.7. The highest BCUT2D eigenvalue weighted by atomic mass is 16.6. The van der Waals surface area contributed by atoms with Gasteiger partial charge in [0.25, 0.3) is 0 Å². The smallest absolute Gasteiger partial charge is 0.314 e. The number of Topliss-reactive ketones (excluding diaryl/α,β-unsaturated/α-hetero) is 1. The van der Waals surface area contributed by atoms with Crippen molar-refractivity contribution in [3.63, 3.8) is 0 Å². The van der Waals surface area contributed by atoms with Crippen LogP contribution in [0.4, 0.5) is 0 Å². The monoisotopic (exact) mass is 661 g/mol. The van der Waals surface area contributed by atoms with Crippen LogP contribution in [-0.4, -0.2) is 69.8 Å². The van der Waals surface area contributed by atoms with Crippen LogP contribution in [0, 0.1) is 11.8 Å². The normalized spacial score (nSPS) is 14.4. The van der Waals surface area contributed by atoms with Gasteiger partial charge in [0.15, 0.2) is 41.2 Å². The molecule has 0 radical (unpaired) electrons. The van der Waals surface area contributed by atoms with Crippen molar-refractivity contribution < 1.29 is 47.9 Å². The van der Waals surface area contributed by atoms with Crippen LogP contribution in [0.5, 0.6) is 34.5 Å². The van der Waals surface area contributed by atoms with E-state index in [9.17, 15) is 19.5 Å². The van der Waals surface area contributed by atoms with E-state index >= 15 is 0 Å². The quantitative estimate of drug-likeness (QED) is 0.174. The molecule has 11 heteroatoms. The highest BCUT2D eigenvalue weighted by molar-refractivity contribution is 6.04. The number of benzene rings is 3. The third-order valence-electron chi connectivity index (χ3n) is 8.01. The molecule has 3 aromatic carbocycles. The molecule has 0 saturated heterocycles. The minimum Gasteiger partial charge on any atom is -0.493 e. The van der Waals surface area contributed by atoms with Gasteiger partial charge in [-0.25, -0.2) is 0 Å². The van der Waals surface area contributed by atoms with Crippen LogP contribution in [0.15, 0.2) is 60.7 Å². The predicted molar refractivity (Wildman–Crippen MR) is 179 cm³/mol. The molecule has 0 amide bonds. The summed E-state index contributed by atoms with van der Waals surface area (Å²) in [5.74, 6) is -0.826. The number of carbonyl (C=O) groups is 3. The highest BCUT2D eigenvalue weighted by Gasteiger charge is 2.32. The van der Waals surface area contributed by atoms with E-state index in [-0.39, 0.29) is 47.7 Å². The van der Waals surface area contributed by atoms with Crippen LogP contribution in [0.25, 0.3) is 5.57 Å². The molecular formula is C37H43NO10. The van der Waals surface area contributed by atoms with Crippen LogP contribution in [0.2, 0.25) is 0 Å². The van der Waals surface area contributed by atoms with Crippen molar-refractivity contribution in [2.75, 3.05) is 35.0 Å². The summed E-state index contributed by atoms with van der Waals surface area (Å²) in [7, 11) is 5.84. The number of esters is 1. The predicted octanol–water partition coefficient (Wildman–Crippen LogP) is 4.57. The second-order valence-electron chi connectivity index (χ2n) is 11.9. The Balaban J connectivity index is 1.64. The first kappa shape index (κ1) is 36.0. The summed E-state index contributed by atoms with van der Waals surface area (Å²) in [5.41, 5.74) is 8.53. The van der Waals surface area contributed by atoms with Gasteiger partial charge in [-0.3, -0.25) is 14.4 Å². The summed E-state index contributed by atoms with van der Waals surface area (Å²) < 4.78 is 33.9. The number of hydrogen-bond acceptors (Lipinski definition) is 11. The molecule has 1 heterocycles. The average molecular weight is 662 g/mol. The first-order valence-electron chi connectivity index (χ1n) is 15.6. The van der Waals surface area contributed by atoms with Crippen molar-refractivity contribution >= 4 is 23.1 Å². The van der Waals surface area contributed by atoms with Crippen molar-refractivity contribution in [1.29, 1.82) is 0 Å². The number of fused-ring (bicyclic) bond motifs is 1. The first-order valence-corrected chi connectivity index (χ1v) is 15.6. The molecule has 0 aliphatic carbocycles. The van der Waals surface area contributed by atoms with Gasteiger partial charge in [-0.05, 0) is 59.7 Å². The maximum atomic E-state index is 13.7. The number of ether oxygens (including phenoxy) is 6. The van der Waals surface area contributed by atoms with Gasteiger partial charge in [0.2, 0.25) is 11.5 Å². The Labute approximate surface area is 280 Å². The lowest BCUT2D eigenvalue weighted by atomic mass is 9.89. The van der Waals surface area contributed by atoms with Gasteiger partial charge in [-0.1, -0.05) is 50.2 Å². The number of aliphatic hydroxyl groups is 1. The molecule has 0 fully saturated rings. The van der Waals surface area contributed by atoms with Crippen molar-refractivity contribution in [2.24, 2.45) is 17.6 Å². The molecule has 256 valence electrons. The summed E-state index contributed by atoms with van der Waals surface area (Å²) in [6, 6.07) is 15.1. The molecule has 0 aromatic heterocycles. The molecule has 0 bridgehead atoms. The number of carbonyl (C=O) groups excluding carboxylic acids is 3. The van der Waals surface area contributed by atoms with E-state index in [1.54, 1.807) is 24.3 Å². The lowest BCUT2D eigenvalue weighted by Gasteiger charge is -2.22. The molecule has 1 aliphatic heterocycles. The fourth-order valence-electron chi connectivity index (χ4n) is 5.68. The Hall–Kier alpha value is -4.87. The lowest BCUT2D eigenvalue weighted by Crippen LogP contribution is -2.43. The van der Waals surface area contributed by atoms with Crippen molar-refractivity contribution in [3.8, 4) is 34.5 Å². The summed E-state index contributed by atoms with van der Waals surface area (Å²) in [5, 5.41) is 10.8. The third-order valence-corrected chi connectivity index (χ3v) is 8.01. The van der Waals surface area contributed by atoms with Gasteiger partial charge in [0.1, 0.15) is 6.10 Å². The zero-order valence-corrected chi connectivity index (χ0v) is 28.1. The molecule has 0 spiro atoms. The van der Waals surface area contributed by atoms with Gasteiger partial charge in [-0.15, -0.1) is 0 Å². The molecule has 48 heavy (non-hydrogen) atoms. The van der Waals surface area contributed by atoms with Gasteiger partial charge in [0.05, 0.1) is 34.4 Å². The van der Waals surface area contributed by atoms with Crippen LogP contribution < -0.4 is 34.2 Å².